The van der Waals surface area contributed by atoms with E-state index in [1.54, 1.807) is 31.2 Å². The number of hydrogen-bond donors (Lipinski definition) is 1. The number of sulfone groups is 1. The van der Waals surface area contributed by atoms with E-state index in [0.29, 0.717) is 10.6 Å². The minimum absolute atomic E-state index is 0.0423. The third-order valence-electron chi connectivity index (χ3n) is 2.66. The van der Waals surface area contributed by atoms with Crippen LogP contribution in [0.15, 0.2) is 24.3 Å². The van der Waals surface area contributed by atoms with Crippen LogP contribution in [0.3, 0.4) is 0 Å². The molecular weight excluding hydrogens is 328 g/mol. The van der Waals surface area contributed by atoms with Gasteiger partial charge >= 0.3 is 0 Å². The number of rotatable bonds is 4. The molecule has 6 heteroatoms. The van der Waals surface area contributed by atoms with Gasteiger partial charge in [-0.1, -0.05) is 46.6 Å². The van der Waals surface area contributed by atoms with Gasteiger partial charge < -0.3 is 5.11 Å². The van der Waals surface area contributed by atoms with E-state index in [1.165, 1.54) is 6.92 Å². The van der Waals surface area contributed by atoms with Gasteiger partial charge in [-0.05, 0) is 24.6 Å². The number of aliphatic hydroxyl groups is 1. The monoisotopic (exact) mass is 340 g/mol. The first-order valence-corrected chi connectivity index (χ1v) is 7.89. The van der Waals surface area contributed by atoms with Gasteiger partial charge in [0.15, 0.2) is 13.5 Å². The molecule has 0 bridgehead atoms. The minimum Gasteiger partial charge on any atom is -0.386 e. The molecule has 0 amide bonds. The van der Waals surface area contributed by atoms with Gasteiger partial charge in [-0.25, -0.2) is 8.42 Å². The lowest BCUT2D eigenvalue weighted by Gasteiger charge is -2.28. The van der Waals surface area contributed by atoms with Crippen molar-refractivity contribution in [2.75, 3.05) is 5.75 Å². The van der Waals surface area contributed by atoms with Gasteiger partial charge in [0.1, 0.15) is 6.10 Å². The van der Waals surface area contributed by atoms with Crippen LogP contribution in [0.5, 0.6) is 0 Å². The minimum atomic E-state index is -3.42. The number of halogens is 2. The number of benzene rings is 1. The summed E-state index contributed by atoms with van der Waals surface area (Å²) in [6.45, 7) is 2.99. The Morgan fingerprint density at radius 1 is 1.41 bits per heavy atom. The van der Waals surface area contributed by atoms with E-state index in [0.717, 1.165) is 0 Å². The molecule has 0 aliphatic heterocycles. The van der Waals surface area contributed by atoms with E-state index in [1.807, 2.05) is 0 Å². The van der Waals surface area contributed by atoms with Crippen LogP contribution in [0.4, 0.5) is 0 Å². The summed E-state index contributed by atoms with van der Waals surface area (Å²) in [6.07, 6.45) is -1.15. The number of hydrogen-bond acceptors (Lipinski definition) is 3. The van der Waals surface area contributed by atoms with Crippen molar-refractivity contribution in [1.82, 2.24) is 0 Å². The molecular formula is C11H14BrClO3S. The van der Waals surface area contributed by atoms with Crippen molar-refractivity contribution in [2.45, 2.75) is 23.6 Å². The summed E-state index contributed by atoms with van der Waals surface area (Å²) in [4.78, 5) is 0. The maximum absolute atomic E-state index is 11.9. The molecule has 3 nitrogen and oxygen atoms in total. The third-order valence-corrected chi connectivity index (χ3v) is 7.03. The zero-order valence-electron chi connectivity index (χ0n) is 9.52. The predicted molar refractivity (Wildman–Crippen MR) is 73.2 cm³/mol. The molecule has 0 aliphatic carbocycles. The highest BCUT2D eigenvalue weighted by Gasteiger charge is 2.42. The number of alkyl halides is 1. The van der Waals surface area contributed by atoms with Crippen molar-refractivity contribution in [3.05, 3.63) is 34.9 Å². The van der Waals surface area contributed by atoms with E-state index in [9.17, 15) is 13.5 Å². The van der Waals surface area contributed by atoms with Crippen LogP contribution in [-0.2, 0) is 9.84 Å². The summed E-state index contributed by atoms with van der Waals surface area (Å²) in [7, 11) is -3.42. The van der Waals surface area contributed by atoms with Crippen molar-refractivity contribution in [3.8, 4) is 0 Å². The Kier molecular flexibility index (Phi) is 4.63. The first-order chi connectivity index (χ1) is 7.72. The quantitative estimate of drug-likeness (QED) is 0.857. The molecule has 96 valence electrons. The predicted octanol–water partition coefficient (Wildman–Crippen LogP) is 2.92. The van der Waals surface area contributed by atoms with Crippen LogP contribution in [0.25, 0.3) is 0 Å². The topological polar surface area (TPSA) is 54.4 Å². The molecule has 17 heavy (non-hydrogen) atoms. The Hall–Kier alpha value is -0.100. The summed E-state index contributed by atoms with van der Waals surface area (Å²) in [5.74, 6) is -0.0423. The lowest BCUT2D eigenvalue weighted by atomic mass is 10.1. The van der Waals surface area contributed by atoms with Gasteiger partial charge in [-0.2, -0.15) is 0 Å². The fourth-order valence-electron chi connectivity index (χ4n) is 1.40. The van der Waals surface area contributed by atoms with Crippen LogP contribution in [0, 0.1) is 0 Å². The second-order valence-electron chi connectivity index (χ2n) is 3.84. The normalized spacial score (nSPS) is 17.5. The maximum atomic E-state index is 11.9. The van der Waals surface area contributed by atoms with Crippen molar-refractivity contribution >= 4 is 37.4 Å². The van der Waals surface area contributed by atoms with Crippen LogP contribution in [-0.4, -0.2) is 22.9 Å². The average molecular weight is 342 g/mol. The Balaban J connectivity index is 3.12. The molecule has 1 rings (SSSR count). The summed E-state index contributed by atoms with van der Waals surface area (Å²) >= 11 is 8.85. The molecule has 0 heterocycles. The van der Waals surface area contributed by atoms with Crippen LogP contribution < -0.4 is 0 Å². The molecule has 0 aromatic heterocycles. The Labute approximate surface area is 115 Å². The van der Waals surface area contributed by atoms with E-state index in [-0.39, 0.29) is 5.75 Å². The van der Waals surface area contributed by atoms with E-state index in [4.69, 9.17) is 11.6 Å². The van der Waals surface area contributed by atoms with Crippen molar-refractivity contribution < 1.29 is 13.5 Å². The molecule has 1 N–H and O–H groups in total. The van der Waals surface area contributed by atoms with E-state index < -0.39 is 19.6 Å². The largest absolute Gasteiger partial charge is 0.386 e. The molecule has 0 aliphatic rings. The summed E-state index contributed by atoms with van der Waals surface area (Å²) in [5.41, 5.74) is 0.505. The molecule has 1 aromatic rings. The molecule has 0 radical (unpaired) electrons. The lowest BCUT2D eigenvalue weighted by Crippen LogP contribution is -2.36. The smallest absolute Gasteiger partial charge is 0.168 e. The SMILES string of the molecule is CCS(=O)(=O)[C@@](C)(Br)[C@H](O)c1ccc(Cl)cc1. The van der Waals surface area contributed by atoms with Gasteiger partial charge in [0.2, 0.25) is 0 Å². The zero-order valence-corrected chi connectivity index (χ0v) is 12.7. The first-order valence-electron chi connectivity index (χ1n) is 5.07. The third kappa shape index (κ3) is 3.02. The lowest BCUT2D eigenvalue weighted by molar-refractivity contribution is 0.167. The van der Waals surface area contributed by atoms with Gasteiger partial charge in [0, 0.05) is 10.8 Å². The summed E-state index contributed by atoms with van der Waals surface area (Å²) in [5, 5.41) is 10.7. The van der Waals surface area contributed by atoms with Crippen LogP contribution in [0.2, 0.25) is 5.02 Å². The van der Waals surface area contributed by atoms with Crippen molar-refractivity contribution in [1.29, 1.82) is 0 Å². The van der Waals surface area contributed by atoms with Gasteiger partial charge in [0.25, 0.3) is 0 Å². The highest BCUT2D eigenvalue weighted by atomic mass is 79.9. The molecule has 0 fully saturated rings. The standard InChI is InChI=1S/C11H14BrClO3S/c1-3-17(15,16)11(2,12)10(14)8-4-6-9(13)7-5-8/h4-7,10,14H,3H2,1-2H3/t10-,11-/m1/s1. The Morgan fingerprint density at radius 2 is 1.88 bits per heavy atom. The second-order valence-corrected chi connectivity index (χ2v) is 9.11. The van der Waals surface area contributed by atoms with Gasteiger partial charge in [-0.3, -0.25) is 0 Å². The summed E-state index contributed by atoms with van der Waals surface area (Å²) < 4.78 is 22.3. The van der Waals surface area contributed by atoms with Gasteiger partial charge in [-0.15, -0.1) is 0 Å². The zero-order chi connectivity index (χ0) is 13.3. The van der Waals surface area contributed by atoms with Crippen LogP contribution in [0.1, 0.15) is 25.5 Å². The fourth-order valence-corrected chi connectivity index (χ4v) is 3.51. The number of aliphatic hydroxyl groups excluding tert-OH is 1. The van der Waals surface area contributed by atoms with E-state index in [2.05, 4.69) is 15.9 Å². The first kappa shape index (κ1) is 15.0. The fraction of sp³-hybridized carbons (Fsp3) is 0.455. The molecule has 0 unspecified atom stereocenters. The molecule has 0 saturated heterocycles. The second kappa shape index (κ2) is 5.26. The Bertz CT molecular complexity index is 482. The van der Waals surface area contributed by atoms with Crippen molar-refractivity contribution in [2.24, 2.45) is 0 Å². The van der Waals surface area contributed by atoms with Crippen LogP contribution >= 0.6 is 27.5 Å². The summed E-state index contributed by atoms with van der Waals surface area (Å²) in [6, 6.07) is 6.44. The highest BCUT2D eigenvalue weighted by molar-refractivity contribution is 9.11. The van der Waals surface area contributed by atoms with E-state index >= 15 is 0 Å². The molecule has 2 atom stereocenters. The Morgan fingerprint density at radius 3 is 2.29 bits per heavy atom. The highest BCUT2D eigenvalue weighted by Crippen LogP contribution is 2.38. The molecule has 1 aromatic carbocycles. The maximum Gasteiger partial charge on any atom is 0.168 e. The molecule has 0 saturated carbocycles. The molecule has 0 spiro atoms. The average Bonchev–Trinajstić information content (AvgIpc) is 2.28. The van der Waals surface area contributed by atoms with Gasteiger partial charge in [0.05, 0.1) is 0 Å². The van der Waals surface area contributed by atoms with Crippen molar-refractivity contribution in [3.63, 3.8) is 0 Å².